The van der Waals surface area contributed by atoms with Crippen molar-refractivity contribution >= 4 is 28.7 Å². The standard InChI is InChI=1S/C26H24N4O3/c1-17-13-20-15-30(26(32)33-16-18-5-3-2-4-6-18)12-9-19(20)14-22(17)25(31)29-23-8-11-28-24-21(23)7-10-27-24/h2-8,10-11,13-14H,9,12,15-16H2,1H3,(H2,27,28,29,31). The van der Waals surface area contributed by atoms with E-state index < -0.39 is 0 Å². The Hall–Kier alpha value is -4.13. The number of hydrogen-bond donors (Lipinski definition) is 2. The molecule has 2 amide bonds. The molecule has 7 nitrogen and oxygen atoms in total. The number of nitrogens with zero attached hydrogens (tertiary/aromatic N) is 2. The highest BCUT2D eigenvalue weighted by Gasteiger charge is 2.24. The topological polar surface area (TPSA) is 87.3 Å². The van der Waals surface area contributed by atoms with Crippen molar-refractivity contribution in [1.82, 2.24) is 14.9 Å². The summed E-state index contributed by atoms with van der Waals surface area (Å²) in [6, 6.07) is 17.3. The minimum Gasteiger partial charge on any atom is -0.445 e. The van der Waals surface area contributed by atoms with Gasteiger partial charge < -0.3 is 19.9 Å². The Morgan fingerprint density at radius 3 is 2.82 bits per heavy atom. The Bertz CT molecular complexity index is 1330. The molecule has 0 spiro atoms. The van der Waals surface area contributed by atoms with Crippen LogP contribution in [0.3, 0.4) is 0 Å². The number of aromatic nitrogens is 2. The van der Waals surface area contributed by atoms with Gasteiger partial charge in [-0.3, -0.25) is 4.79 Å². The van der Waals surface area contributed by atoms with Crippen LogP contribution in [0.5, 0.6) is 0 Å². The highest BCUT2D eigenvalue weighted by molar-refractivity contribution is 6.09. The fourth-order valence-corrected chi connectivity index (χ4v) is 4.20. The Kier molecular flexibility index (Phi) is 5.52. The van der Waals surface area contributed by atoms with Gasteiger partial charge in [-0.1, -0.05) is 36.4 Å². The van der Waals surface area contributed by atoms with Gasteiger partial charge in [-0.05, 0) is 53.8 Å². The monoisotopic (exact) mass is 440 g/mol. The van der Waals surface area contributed by atoms with Crippen LogP contribution in [-0.4, -0.2) is 33.4 Å². The second kappa shape index (κ2) is 8.78. The maximum atomic E-state index is 13.1. The number of carbonyl (C=O) groups excluding carboxylic acids is 2. The second-order valence-corrected chi connectivity index (χ2v) is 8.20. The molecule has 4 aromatic rings. The van der Waals surface area contributed by atoms with Crippen LogP contribution in [-0.2, 0) is 24.3 Å². The Labute approximate surface area is 191 Å². The number of carbonyl (C=O) groups is 2. The molecule has 0 atom stereocenters. The third-order valence-corrected chi connectivity index (χ3v) is 5.98. The van der Waals surface area contributed by atoms with Crippen LogP contribution < -0.4 is 5.32 Å². The maximum absolute atomic E-state index is 13.1. The van der Waals surface area contributed by atoms with E-state index in [1.807, 2.05) is 55.5 Å². The van der Waals surface area contributed by atoms with Gasteiger partial charge in [0.2, 0.25) is 0 Å². The second-order valence-electron chi connectivity index (χ2n) is 8.20. The lowest BCUT2D eigenvalue weighted by Crippen LogP contribution is -2.36. The van der Waals surface area contributed by atoms with Crippen LogP contribution >= 0.6 is 0 Å². The van der Waals surface area contributed by atoms with E-state index in [2.05, 4.69) is 15.3 Å². The predicted octanol–water partition coefficient (Wildman–Crippen LogP) is 4.82. The van der Waals surface area contributed by atoms with E-state index in [9.17, 15) is 9.59 Å². The molecule has 2 N–H and O–H groups in total. The molecule has 1 aliphatic heterocycles. The Morgan fingerprint density at radius 2 is 1.97 bits per heavy atom. The molecule has 0 radical (unpaired) electrons. The van der Waals surface area contributed by atoms with Crippen molar-refractivity contribution in [2.45, 2.75) is 26.5 Å². The number of fused-ring (bicyclic) bond motifs is 2. The van der Waals surface area contributed by atoms with E-state index in [-0.39, 0.29) is 18.6 Å². The van der Waals surface area contributed by atoms with E-state index >= 15 is 0 Å². The average Bonchev–Trinajstić information content (AvgIpc) is 3.32. The number of H-pyrrole nitrogens is 1. The highest BCUT2D eigenvalue weighted by atomic mass is 16.6. The number of hydrogen-bond acceptors (Lipinski definition) is 4. The van der Waals surface area contributed by atoms with E-state index in [1.165, 1.54) is 0 Å². The number of amides is 2. The van der Waals surface area contributed by atoms with Crippen molar-refractivity contribution in [3.8, 4) is 0 Å². The molecule has 0 saturated carbocycles. The molecular weight excluding hydrogens is 416 g/mol. The summed E-state index contributed by atoms with van der Waals surface area (Å²) in [5, 5.41) is 3.88. The van der Waals surface area contributed by atoms with Crippen LogP contribution in [0.4, 0.5) is 10.5 Å². The lowest BCUT2D eigenvalue weighted by Gasteiger charge is -2.29. The number of ether oxygens (including phenoxy) is 1. The Balaban J connectivity index is 1.28. The number of rotatable bonds is 4. The number of anilines is 1. The van der Waals surface area contributed by atoms with Gasteiger partial charge in [0.15, 0.2) is 0 Å². The first-order valence-corrected chi connectivity index (χ1v) is 10.9. The van der Waals surface area contributed by atoms with Gasteiger partial charge in [0, 0.05) is 36.4 Å². The maximum Gasteiger partial charge on any atom is 0.410 e. The summed E-state index contributed by atoms with van der Waals surface area (Å²) < 4.78 is 5.48. The minimum atomic E-state index is -0.322. The fraction of sp³-hybridized carbons (Fsp3) is 0.192. The smallest absolute Gasteiger partial charge is 0.410 e. The first-order valence-electron chi connectivity index (χ1n) is 10.9. The summed E-state index contributed by atoms with van der Waals surface area (Å²) in [5.41, 5.74) is 6.04. The summed E-state index contributed by atoms with van der Waals surface area (Å²) in [4.78, 5) is 34.6. The molecule has 5 rings (SSSR count). The molecule has 0 bridgehead atoms. The summed E-state index contributed by atoms with van der Waals surface area (Å²) in [6.45, 7) is 3.20. The van der Waals surface area contributed by atoms with Crippen LogP contribution in [0.1, 0.15) is 32.6 Å². The number of pyridine rings is 1. The molecule has 2 aromatic heterocycles. The predicted molar refractivity (Wildman–Crippen MR) is 126 cm³/mol. The lowest BCUT2D eigenvalue weighted by molar-refractivity contribution is 0.0916. The van der Waals surface area contributed by atoms with Crippen molar-refractivity contribution in [2.75, 3.05) is 11.9 Å². The molecule has 7 heteroatoms. The first kappa shape index (κ1) is 20.8. The van der Waals surface area contributed by atoms with Crippen molar-refractivity contribution in [3.05, 3.63) is 94.8 Å². The molecule has 1 aliphatic rings. The van der Waals surface area contributed by atoms with Gasteiger partial charge in [-0.2, -0.15) is 0 Å². The van der Waals surface area contributed by atoms with Gasteiger partial charge in [0.05, 0.1) is 5.69 Å². The molecule has 2 aromatic carbocycles. The van der Waals surface area contributed by atoms with Gasteiger partial charge in [-0.15, -0.1) is 0 Å². The molecule has 0 fully saturated rings. The molecule has 3 heterocycles. The van der Waals surface area contributed by atoms with Crippen LogP contribution in [0.25, 0.3) is 11.0 Å². The third-order valence-electron chi connectivity index (χ3n) is 5.98. The molecule has 0 aliphatic carbocycles. The van der Waals surface area contributed by atoms with Crippen molar-refractivity contribution in [3.63, 3.8) is 0 Å². The summed E-state index contributed by atoms with van der Waals surface area (Å²) in [5.74, 6) is -0.159. The van der Waals surface area contributed by atoms with Crippen LogP contribution in [0.15, 0.2) is 67.0 Å². The van der Waals surface area contributed by atoms with Crippen molar-refractivity contribution in [2.24, 2.45) is 0 Å². The van der Waals surface area contributed by atoms with Gasteiger partial charge >= 0.3 is 6.09 Å². The summed E-state index contributed by atoms with van der Waals surface area (Å²) in [6.07, 6.45) is 3.82. The van der Waals surface area contributed by atoms with E-state index in [4.69, 9.17) is 4.74 Å². The molecular formula is C26H24N4O3. The number of aryl methyl sites for hydroxylation is 1. The normalized spacial score (nSPS) is 12.9. The quantitative estimate of drug-likeness (QED) is 0.476. The van der Waals surface area contributed by atoms with Gasteiger partial charge in [0.25, 0.3) is 5.91 Å². The van der Waals surface area contributed by atoms with Crippen molar-refractivity contribution in [1.29, 1.82) is 0 Å². The van der Waals surface area contributed by atoms with Gasteiger partial charge in [0.1, 0.15) is 12.3 Å². The molecule has 0 unspecified atom stereocenters. The zero-order valence-corrected chi connectivity index (χ0v) is 18.3. The number of benzene rings is 2. The Morgan fingerprint density at radius 1 is 1.12 bits per heavy atom. The highest BCUT2D eigenvalue weighted by Crippen LogP contribution is 2.26. The number of aromatic amines is 1. The fourth-order valence-electron chi connectivity index (χ4n) is 4.20. The molecule has 33 heavy (non-hydrogen) atoms. The van der Waals surface area contributed by atoms with E-state index in [0.29, 0.717) is 25.1 Å². The number of nitrogens with one attached hydrogen (secondary N) is 2. The zero-order chi connectivity index (χ0) is 22.8. The summed E-state index contributed by atoms with van der Waals surface area (Å²) in [7, 11) is 0. The molecule has 166 valence electrons. The van der Waals surface area contributed by atoms with Crippen molar-refractivity contribution < 1.29 is 14.3 Å². The van der Waals surface area contributed by atoms with E-state index in [1.54, 1.807) is 23.4 Å². The first-order chi connectivity index (χ1) is 16.1. The zero-order valence-electron chi connectivity index (χ0n) is 18.3. The third kappa shape index (κ3) is 4.30. The lowest BCUT2D eigenvalue weighted by atomic mass is 9.94. The van der Waals surface area contributed by atoms with Crippen LogP contribution in [0, 0.1) is 6.92 Å². The largest absolute Gasteiger partial charge is 0.445 e. The van der Waals surface area contributed by atoms with Crippen LogP contribution in [0.2, 0.25) is 0 Å². The average molecular weight is 441 g/mol. The SMILES string of the molecule is Cc1cc2c(cc1C(=O)Nc1ccnc3[nH]ccc13)CCN(C(=O)OCc1ccccc1)C2. The minimum absolute atomic E-state index is 0.159. The van der Waals surface area contributed by atoms with Gasteiger partial charge in [-0.25, -0.2) is 9.78 Å². The summed E-state index contributed by atoms with van der Waals surface area (Å²) >= 11 is 0. The van der Waals surface area contributed by atoms with E-state index in [0.717, 1.165) is 39.0 Å². The molecule has 0 saturated heterocycles.